The van der Waals surface area contributed by atoms with Gasteiger partial charge in [0, 0.05) is 30.0 Å². The van der Waals surface area contributed by atoms with Gasteiger partial charge in [0.1, 0.15) is 29.8 Å². The van der Waals surface area contributed by atoms with Crippen LogP contribution in [-0.2, 0) is 17.8 Å². The van der Waals surface area contributed by atoms with E-state index in [1.165, 1.54) is 41.6 Å². The molecule has 7 rings (SSSR count). The van der Waals surface area contributed by atoms with E-state index in [4.69, 9.17) is 9.47 Å². The summed E-state index contributed by atoms with van der Waals surface area (Å²) in [5.74, 6) is 0.151. The molecule has 1 aromatic heterocycles. The number of nitrogens with zero attached hydrogens (tertiary/aromatic N) is 4. The number of halogens is 2. The number of fused-ring (bicyclic) bond motifs is 2. The smallest absolute Gasteiger partial charge is 0.255 e. The van der Waals surface area contributed by atoms with Crippen LogP contribution in [0.4, 0.5) is 20.3 Å². The third-order valence-corrected chi connectivity index (χ3v) is 9.53. The van der Waals surface area contributed by atoms with E-state index in [0.717, 1.165) is 31.5 Å². The van der Waals surface area contributed by atoms with Crippen molar-refractivity contribution in [2.24, 2.45) is 5.92 Å². The first-order valence-corrected chi connectivity index (χ1v) is 16.6. The highest BCUT2D eigenvalue weighted by molar-refractivity contribution is 6.02. The molecule has 1 atom stereocenters. The van der Waals surface area contributed by atoms with Gasteiger partial charge in [-0.05, 0) is 92.0 Å². The molecule has 2 aliphatic rings. The summed E-state index contributed by atoms with van der Waals surface area (Å²) in [6.45, 7) is 2.88. The molecule has 4 aromatic carbocycles. The fourth-order valence-corrected chi connectivity index (χ4v) is 6.77. The number of likely N-dealkylation sites (tertiary alicyclic amines) is 1. The molecule has 0 bridgehead atoms. The highest BCUT2D eigenvalue weighted by atomic mass is 19.1. The van der Waals surface area contributed by atoms with Gasteiger partial charge in [-0.2, -0.15) is 0 Å². The summed E-state index contributed by atoms with van der Waals surface area (Å²) in [6, 6.07) is 19.8. The summed E-state index contributed by atoms with van der Waals surface area (Å²) in [6.07, 6.45) is 3.36. The van der Waals surface area contributed by atoms with Crippen LogP contribution in [0.1, 0.15) is 45.9 Å². The maximum absolute atomic E-state index is 15.6. The number of ketones is 1. The van der Waals surface area contributed by atoms with Gasteiger partial charge >= 0.3 is 0 Å². The summed E-state index contributed by atoms with van der Waals surface area (Å²) >= 11 is 0. The van der Waals surface area contributed by atoms with Crippen molar-refractivity contribution in [1.82, 2.24) is 19.8 Å². The number of carbonyl (C=O) groups is 2. The Labute approximate surface area is 288 Å². The quantitative estimate of drug-likeness (QED) is 0.162. The number of hydrogen-bond acceptors (Lipinski definition) is 8. The van der Waals surface area contributed by atoms with Crippen LogP contribution >= 0.6 is 0 Å². The Morgan fingerprint density at radius 1 is 0.980 bits per heavy atom. The van der Waals surface area contributed by atoms with Crippen molar-refractivity contribution in [3.63, 3.8) is 0 Å². The number of anilines is 2. The Kier molecular flexibility index (Phi) is 9.40. The Morgan fingerprint density at radius 2 is 1.80 bits per heavy atom. The topological polar surface area (TPSA) is 96.9 Å². The lowest BCUT2D eigenvalue weighted by Gasteiger charge is -2.28. The average Bonchev–Trinajstić information content (AvgIpc) is 3.44. The molecule has 2 aliphatic heterocycles. The minimum absolute atomic E-state index is 0.148. The Bertz CT molecular complexity index is 2070. The summed E-state index contributed by atoms with van der Waals surface area (Å²) in [7, 11) is 3.69. The third-order valence-electron chi connectivity index (χ3n) is 9.53. The van der Waals surface area contributed by atoms with E-state index in [9.17, 15) is 14.0 Å². The number of ether oxygens (including phenoxy) is 2. The summed E-state index contributed by atoms with van der Waals surface area (Å²) in [5, 5.41) is 3.68. The van der Waals surface area contributed by atoms with Crippen molar-refractivity contribution in [2.75, 3.05) is 39.2 Å². The second-order valence-corrected chi connectivity index (χ2v) is 12.9. The fourth-order valence-electron chi connectivity index (χ4n) is 6.77. The number of aromatic nitrogens is 2. The minimum Gasteiger partial charge on any atom is -0.493 e. The van der Waals surface area contributed by atoms with E-state index < -0.39 is 17.7 Å². The summed E-state index contributed by atoms with van der Waals surface area (Å²) in [4.78, 5) is 39.8. The molecule has 5 aromatic rings. The van der Waals surface area contributed by atoms with Crippen LogP contribution < -0.4 is 14.8 Å². The predicted octanol–water partition coefficient (Wildman–Crippen LogP) is 6.89. The SMILES string of the molecule is COc1cc2c(Nc3ccc(CC(=O)C(c4cccc(F)c4)N4Cc5ccccc5C4=O)cc3F)ncnc2cc1OCC1CCN(C)CC1. The van der Waals surface area contributed by atoms with E-state index >= 15 is 4.39 Å². The molecular formula is C39H37F2N5O4. The van der Waals surface area contributed by atoms with Gasteiger partial charge in [-0.3, -0.25) is 9.59 Å². The van der Waals surface area contributed by atoms with Crippen molar-refractivity contribution in [3.05, 3.63) is 119 Å². The highest BCUT2D eigenvalue weighted by Gasteiger charge is 2.37. The minimum atomic E-state index is -1.05. The molecule has 1 unspecified atom stereocenters. The van der Waals surface area contributed by atoms with Gasteiger partial charge in [-0.25, -0.2) is 18.7 Å². The molecule has 1 saturated heterocycles. The van der Waals surface area contributed by atoms with E-state index in [2.05, 4.69) is 27.2 Å². The van der Waals surface area contributed by atoms with E-state index in [-0.39, 0.29) is 30.3 Å². The first-order valence-electron chi connectivity index (χ1n) is 16.6. The molecule has 1 amide bonds. The van der Waals surface area contributed by atoms with Gasteiger partial charge < -0.3 is 24.6 Å². The number of carbonyl (C=O) groups excluding carboxylic acids is 2. The molecule has 0 radical (unpaired) electrons. The van der Waals surface area contributed by atoms with Crippen LogP contribution in [0.15, 0.2) is 85.2 Å². The molecule has 256 valence electrons. The molecule has 0 aliphatic carbocycles. The molecule has 1 N–H and O–H groups in total. The number of piperidine rings is 1. The van der Waals surface area contributed by atoms with Crippen LogP contribution in [0.5, 0.6) is 11.5 Å². The van der Waals surface area contributed by atoms with Crippen LogP contribution in [0.3, 0.4) is 0 Å². The number of rotatable bonds is 11. The Balaban J connectivity index is 1.09. The van der Waals surface area contributed by atoms with Gasteiger partial charge in [0.2, 0.25) is 0 Å². The van der Waals surface area contributed by atoms with Crippen molar-refractivity contribution >= 4 is 34.1 Å². The van der Waals surface area contributed by atoms with Crippen LogP contribution in [0.25, 0.3) is 10.9 Å². The van der Waals surface area contributed by atoms with Gasteiger partial charge in [0.25, 0.3) is 5.91 Å². The molecule has 9 nitrogen and oxygen atoms in total. The first-order chi connectivity index (χ1) is 24.3. The monoisotopic (exact) mass is 677 g/mol. The zero-order valence-electron chi connectivity index (χ0n) is 27.9. The largest absolute Gasteiger partial charge is 0.493 e. The molecule has 0 spiro atoms. The van der Waals surface area contributed by atoms with Crippen molar-refractivity contribution < 1.29 is 27.8 Å². The lowest BCUT2D eigenvalue weighted by atomic mass is 9.96. The fraction of sp³-hybridized carbons (Fsp3) is 0.282. The van der Waals surface area contributed by atoms with Crippen LogP contribution in [0.2, 0.25) is 0 Å². The predicted molar refractivity (Wildman–Crippen MR) is 186 cm³/mol. The number of methoxy groups -OCH3 is 1. The second kappa shape index (κ2) is 14.2. The number of hydrogen-bond donors (Lipinski definition) is 1. The molecule has 0 saturated carbocycles. The van der Waals surface area contributed by atoms with Crippen molar-refractivity contribution in [1.29, 1.82) is 0 Å². The second-order valence-electron chi connectivity index (χ2n) is 12.9. The van der Waals surface area contributed by atoms with Crippen molar-refractivity contribution in [2.45, 2.75) is 31.8 Å². The third kappa shape index (κ3) is 6.86. The van der Waals surface area contributed by atoms with E-state index in [1.807, 2.05) is 12.1 Å². The Hall–Kier alpha value is -5.42. The zero-order chi connectivity index (χ0) is 34.8. The average molecular weight is 678 g/mol. The normalized spacial score (nSPS) is 15.6. The molecule has 11 heteroatoms. The number of amides is 1. The molecule has 50 heavy (non-hydrogen) atoms. The standard InChI is InChI=1S/C39H37F2N5O4/c1-45-14-12-24(13-15-45)22-50-36-20-33-30(19-35(36)49-2)38(43-23-42-33)44-32-11-10-25(16-31(32)41)17-34(47)37(26-7-5-8-28(40)18-26)46-21-27-6-3-4-9-29(27)39(46)48/h3-11,16,18-20,23-24,37H,12-15,17,21-22H2,1-2H3,(H,42,43,44). The molecule has 1 fully saturated rings. The molecule has 3 heterocycles. The number of nitrogens with one attached hydrogen (secondary N) is 1. The lowest BCUT2D eigenvalue weighted by Crippen LogP contribution is -2.35. The Morgan fingerprint density at radius 3 is 2.56 bits per heavy atom. The van der Waals surface area contributed by atoms with E-state index in [0.29, 0.717) is 57.4 Å². The summed E-state index contributed by atoms with van der Waals surface area (Å²) in [5.41, 5.74) is 2.82. The highest BCUT2D eigenvalue weighted by Crippen LogP contribution is 2.37. The van der Waals surface area contributed by atoms with E-state index in [1.54, 1.807) is 43.5 Å². The first kappa shape index (κ1) is 33.1. The summed E-state index contributed by atoms with van der Waals surface area (Å²) < 4.78 is 41.8. The van der Waals surface area contributed by atoms with Crippen LogP contribution in [-0.4, -0.2) is 65.3 Å². The zero-order valence-corrected chi connectivity index (χ0v) is 27.9. The van der Waals surface area contributed by atoms with Gasteiger partial charge in [-0.1, -0.05) is 36.4 Å². The number of Topliss-reactive ketones (excluding diaryl/α,β-unsaturated/α-hetero) is 1. The maximum Gasteiger partial charge on any atom is 0.255 e. The molecular weight excluding hydrogens is 640 g/mol. The maximum atomic E-state index is 15.6. The van der Waals surface area contributed by atoms with Crippen LogP contribution in [0, 0.1) is 17.6 Å². The number of benzene rings is 4. The van der Waals surface area contributed by atoms with Crippen molar-refractivity contribution in [3.8, 4) is 11.5 Å². The van der Waals surface area contributed by atoms with Gasteiger partial charge in [0.15, 0.2) is 17.3 Å². The van der Waals surface area contributed by atoms with Gasteiger partial charge in [-0.15, -0.1) is 0 Å². The lowest BCUT2D eigenvalue weighted by molar-refractivity contribution is -0.123. The van der Waals surface area contributed by atoms with Gasteiger partial charge in [0.05, 0.1) is 24.9 Å².